The van der Waals surface area contributed by atoms with Crippen molar-refractivity contribution in [1.82, 2.24) is 14.8 Å². The summed E-state index contributed by atoms with van der Waals surface area (Å²) < 4.78 is 2.17. The minimum Gasteiger partial charge on any atom is -0.301 e. The molecule has 0 aliphatic heterocycles. The number of rotatable bonds is 6. The molecule has 19 heavy (non-hydrogen) atoms. The number of halogens is 1. The molecule has 1 aromatic rings. The van der Waals surface area contributed by atoms with Crippen molar-refractivity contribution in [2.45, 2.75) is 72.3 Å². The zero-order valence-electron chi connectivity index (χ0n) is 12.5. The van der Waals surface area contributed by atoms with Crippen LogP contribution in [0.5, 0.6) is 0 Å². The molecular weight excluding hydrogens is 258 g/mol. The Morgan fingerprint density at radius 3 is 2.53 bits per heavy atom. The molecule has 0 atom stereocenters. The number of aromatic nitrogens is 3. The molecule has 4 heteroatoms. The van der Waals surface area contributed by atoms with Gasteiger partial charge in [-0.2, -0.15) is 0 Å². The van der Waals surface area contributed by atoms with Crippen molar-refractivity contribution in [1.29, 1.82) is 0 Å². The second kappa shape index (κ2) is 6.25. The molecular formula is C15H26ClN3. The Hall–Kier alpha value is -0.570. The van der Waals surface area contributed by atoms with Crippen LogP contribution in [0.15, 0.2) is 0 Å². The van der Waals surface area contributed by atoms with E-state index in [1.54, 1.807) is 0 Å². The highest BCUT2D eigenvalue weighted by Gasteiger charge is 2.35. The summed E-state index contributed by atoms with van der Waals surface area (Å²) in [4.78, 5) is 0. The maximum atomic E-state index is 6.25. The van der Waals surface area contributed by atoms with Crippen LogP contribution in [-0.2, 0) is 13.0 Å². The molecule has 108 valence electrons. The van der Waals surface area contributed by atoms with Gasteiger partial charge in [-0.15, -0.1) is 10.2 Å². The molecule has 0 spiro atoms. The van der Waals surface area contributed by atoms with Crippen LogP contribution in [0, 0.1) is 11.3 Å². The maximum absolute atomic E-state index is 6.25. The molecule has 0 N–H and O–H groups in total. The van der Waals surface area contributed by atoms with Crippen molar-refractivity contribution in [3.05, 3.63) is 11.1 Å². The van der Waals surface area contributed by atoms with Crippen LogP contribution in [0.4, 0.5) is 0 Å². The van der Waals surface area contributed by atoms with Crippen LogP contribution >= 0.6 is 11.6 Å². The fourth-order valence-corrected chi connectivity index (χ4v) is 3.83. The van der Waals surface area contributed by atoms with Crippen LogP contribution in [0.3, 0.4) is 0 Å². The Labute approximate surface area is 121 Å². The van der Waals surface area contributed by atoms with E-state index < -0.39 is 0 Å². The summed E-state index contributed by atoms with van der Waals surface area (Å²) in [7, 11) is 0. The summed E-state index contributed by atoms with van der Waals surface area (Å²) in [5.41, 5.74) is 0.419. The van der Waals surface area contributed by atoms with Gasteiger partial charge in [0.05, 0.1) is 0 Å². The normalized spacial score (nSPS) is 18.4. The zero-order chi connectivity index (χ0) is 13.9. The molecule has 1 aliphatic carbocycles. The third-order valence-corrected chi connectivity index (χ3v) is 4.53. The van der Waals surface area contributed by atoms with Crippen LogP contribution in [0.25, 0.3) is 0 Å². The molecule has 3 nitrogen and oxygen atoms in total. The quantitative estimate of drug-likeness (QED) is 0.770. The van der Waals surface area contributed by atoms with Gasteiger partial charge in [0.2, 0.25) is 5.28 Å². The van der Waals surface area contributed by atoms with Gasteiger partial charge < -0.3 is 4.57 Å². The Kier molecular flexibility index (Phi) is 4.88. The topological polar surface area (TPSA) is 30.7 Å². The van der Waals surface area contributed by atoms with Crippen molar-refractivity contribution in [3.63, 3.8) is 0 Å². The lowest BCUT2D eigenvalue weighted by Crippen LogP contribution is -2.26. The zero-order valence-corrected chi connectivity index (χ0v) is 13.2. The van der Waals surface area contributed by atoms with Gasteiger partial charge in [-0.1, -0.05) is 33.6 Å². The molecule has 1 fully saturated rings. The van der Waals surface area contributed by atoms with E-state index in [-0.39, 0.29) is 0 Å². The Balaban J connectivity index is 2.19. The van der Waals surface area contributed by atoms with Gasteiger partial charge in [-0.3, -0.25) is 0 Å². The minimum absolute atomic E-state index is 0.419. The third kappa shape index (κ3) is 3.50. The Bertz CT molecular complexity index is 406. The molecule has 0 radical (unpaired) electrons. The predicted molar refractivity (Wildman–Crippen MR) is 79.4 cm³/mol. The van der Waals surface area contributed by atoms with Crippen molar-refractivity contribution in [2.24, 2.45) is 11.3 Å². The molecule has 0 unspecified atom stereocenters. The van der Waals surface area contributed by atoms with Gasteiger partial charge in [0, 0.05) is 13.0 Å². The number of hydrogen-bond donors (Lipinski definition) is 0. The number of hydrogen-bond acceptors (Lipinski definition) is 2. The smallest absolute Gasteiger partial charge is 0.225 e. The summed E-state index contributed by atoms with van der Waals surface area (Å²) in [5.74, 6) is 1.80. The molecule has 0 saturated heterocycles. The predicted octanol–water partition coefficient (Wildman–Crippen LogP) is 4.49. The Morgan fingerprint density at radius 2 is 1.95 bits per heavy atom. The van der Waals surface area contributed by atoms with Crippen LogP contribution in [0.2, 0.25) is 5.28 Å². The van der Waals surface area contributed by atoms with Crippen molar-refractivity contribution in [3.8, 4) is 0 Å². The van der Waals surface area contributed by atoms with E-state index in [9.17, 15) is 0 Å². The lowest BCUT2D eigenvalue weighted by atomic mass is 9.78. The molecule has 0 bridgehead atoms. The van der Waals surface area contributed by atoms with Gasteiger partial charge >= 0.3 is 0 Å². The van der Waals surface area contributed by atoms with E-state index >= 15 is 0 Å². The minimum atomic E-state index is 0.419. The first-order valence-electron chi connectivity index (χ1n) is 7.64. The first-order chi connectivity index (χ1) is 9.06. The summed E-state index contributed by atoms with van der Waals surface area (Å²) in [6.07, 6.45) is 8.71. The SMILES string of the molecule is CCCc1nnc(Cl)n1CC1(CC(C)C)CCCC1. The van der Waals surface area contributed by atoms with Gasteiger partial charge in [0.15, 0.2) is 0 Å². The average Bonchev–Trinajstić information content (AvgIpc) is 2.91. The number of nitrogens with zero attached hydrogens (tertiary/aromatic N) is 3. The third-order valence-electron chi connectivity index (χ3n) is 4.25. The van der Waals surface area contributed by atoms with Gasteiger partial charge in [-0.25, -0.2) is 0 Å². The van der Waals surface area contributed by atoms with E-state index in [1.807, 2.05) is 0 Å². The van der Waals surface area contributed by atoms with Gasteiger partial charge in [0.1, 0.15) is 5.82 Å². The van der Waals surface area contributed by atoms with Crippen molar-refractivity contribution >= 4 is 11.6 Å². The summed E-state index contributed by atoms with van der Waals surface area (Å²) in [5, 5.41) is 8.87. The maximum Gasteiger partial charge on any atom is 0.225 e. The number of aryl methyl sites for hydroxylation is 1. The van der Waals surface area contributed by atoms with E-state index in [0.29, 0.717) is 10.7 Å². The van der Waals surface area contributed by atoms with Crippen molar-refractivity contribution in [2.75, 3.05) is 0 Å². The lowest BCUT2D eigenvalue weighted by Gasteiger charge is -2.32. The van der Waals surface area contributed by atoms with E-state index in [4.69, 9.17) is 11.6 Å². The molecule has 0 amide bonds. The van der Waals surface area contributed by atoms with Crippen LogP contribution in [-0.4, -0.2) is 14.8 Å². The molecule has 1 aliphatic rings. The molecule has 1 saturated carbocycles. The van der Waals surface area contributed by atoms with Crippen molar-refractivity contribution < 1.29 is 0 Å². The monoisotopic (exact) mass is 283 g/mol. The van der Waals surface area contributed by atoms with Gasteiger partial charge in [0.25, 0.3) is 0 Å². The second-order valence-corrected chi connectivity index (χ2v) is 6.86. The largest absolute Gasteiger partial charge is 0.301 e. The second-order valence-electron chi connectivity index (χ2n) is 6.53. The van der Waals surface area contributed by atoms with E-state index in [1.165, 1.54) is 32.1 Å². The van der Waals surface area contributed by atoms with Crippen LogP contribution in [0.1, 0.15) is 65.1 Å². The fourth-order valence-electron chi connectivity index (χ4n) is 3.63. The summed E-state index contributed by atoms with van der Waals surface area (Å²) in [6, 6.07) is 0. The standard InChI is InChI=1S/C15H26ClN3/c1-4-7-13-17-18-14(16)19(13)11-15(10-12(2)3)8-5-6-9-15/h12H,4-11H2,1-3H3. The van der Waals surface area contributed by atoms with Gasteiger partial charge in [-0.05, 0) is 48.6 Å². The fraction of sp³-hybridized carbons (Fsp3) is 0.867. The molecule has 1 heterocycles. The Morgan fingerprint density at radius 1 is 1.26 bits per heavy atom. The average molecular weight is 284 g/mol. The van der Waals surface area contributed by atoms with Crippen LogP contribution < -0.4 is 0 Å². The summed E-state index contributed by atoms with van der Waals surface area (Å²) in [6.45, 7) is 7.82. The summed E-state index contributed by atoms with van der Waals surface area (Å²) >= 11 is 6.25. The van der Waals surface area contributed by atoms with E-state index in [0.717, 1.165) is 31.1 Å². The highest BCUT2D eigenvalue weighted by atomic mass is 35.5. The lowest BCUT2D eigenvalue weighted by molar-refractivity contribution is 0.195. The molecule has 2 rings (SSSR count). The highest BCUT2D eigenvalue weighted by Crippen LogP contribution is 2.45. The molecule has 1 aromatic heterocycles. The first-order valence-corrected chi connectivity index (χ1v) is 8.02. The highest BCUT2D eigenvalue weighted by molar-refractivity contribution is 6.28. The van der Waals surface area contributed by atoms with E-state index in [2.05, 4.69) is 35.5 Å². The first kappa shape index (κ1) is 14.8. The molecule has 0 aromatic carbocycles.